The van der Waals surface area contributed by atoms with Gasteiger partial charge in [-0.25, -0.2) is 4.98 Å². The third-order valence-electron chi connectivity index (χ3n) is 3.83. The first-order valence-electron chi connectivity index (χ1n) is 7.31. The van der Waals surface area contributed by atoms with E-state index in [1.54, 1.807) is 0 Å². The van der Waals surface area contributed by atoms with E-state index in [1.807, 2.05) is 61.5 Å². The number of aliphatic carboxylic acids is 1. The summed E-state index contributed by atoms with van der Waals surface area (Å²) in [4.78, 5) is 15.6. The summed E-state index contributed by atoms with van der Waals surface area (Å²) >= 11 is 0. The van der Waals surface area contributed by atoms with E-state index in [2.05, 4.69) is 6.07 Å². The van der Waals surface area contributed by atoms with Crippen LogP contribution in [0.25, 0.3) is 22.2 Å². The highest BCUT2D eigenvalue weighted by atomic mass is 16.4. The lowest BCUT2D eigenvalue weighted by Gasteiger charge is -2.11. The molecule has 0 amide bonds. The fraction of sp³-hybridized carbons (Fsp3) is 0.158. The van der Waals surface area contributed by atoms with Gasteiger partial charge in [0.05, 0.1) is 17.6 Å². The minimum atomic E-state index is -0.776. The Morgan fingerprint density at radius 3 is 2.73 bits per heavy atom. The average molecular weight is 291 g/mol. The summed E-state index contributed by atoms with van der Waals surface area (Å²) in [6, 6.07) is 20.0. The number of para-hydroxylation sites is 1. The monoisotopic (exact) mass is 291 g/mol. The summed E-state index contributed by atoms with van der Waals surface area (Å²) < 4.78 is 0. The molecule has 0 spiro atoms. The molecule has 110 valence electrons. The molecule has 0 saturated heterocycles. The molecule has 0 fully saturated rings. The predicted molar refractivity (Wildman–Crippen MR) is 87.8 cm³/mol. The van der Waals surface area contributed by atoms with E-state index >= 15 is 0 Å². The second kappa shape index (κ2) is 5.98. The SMILES string of the molecule is CC(CC(=O)O)c1cccc(-c2ccc3ccccc3n2)c1. The minimum Gasteiger partial charge on any atom is -0.481 e. The van der Waals surface area contributed by atoms with Crippen LogP contribution >= 0.6 is 0 Å². The highest BCUT2D eigenvalue weighted by molar-refractivity contribution is 5.81. The van der Waals surface area contributed by atoms with Crippen molar-refractivity contribution in [1.29, 1.82) is 0 Å². The van der Waals surface area contributed by atoms with Crippen LogP contribution in [0.5, 0.6) is 0 Å². The summed E-state index contributed by atoms with van der Waals surface area (Å²) in [6.07, 6.45) is 0.134. The summed E-state index contributed by atoms with van der Waals surface area (Å²) in [5.74, 6) is -0.792. The minimum absolute atomic E-state index is 0.0158. The molecule has 3 nitrogen and oxygen atoms in total. The van der Waals surface area contributed by atoms with Gasteiger partial charge in [0.15, 0.2) is 0 Å². The maximum absolute atomic E-state index is 10.9. The van der Waals surface area contributed by atoms with Crippen LogP contribution in [-0.2, 0) is 4.79 Å². The van der Waals surface area contributed by atoms with E-state index < -0.39 is 5.97 Å². The summed E-state index contributed by atoms with van der Waals surface area (Å²) in [6.45, 7) is 1.93. The van der Waals surface area contributed by atoms with Crippen LogP contribution in [0.4, 0.5) is 0 Å². The van der Waals surface area contributed by atoms with Crippen LogP contribution in [0.1, 0.15) is 24.8 Å². The van der Waals surface area contributed by atoms with Crippen LogP contribution in [0.15, 0.2) is 60.7 Å². The van der Waals surface area contributed by atoms with Crippen molar-refractivity contribution in [2.24, 2.45) is 0 Å². The lowest BCUT2D eigenvalue weighted by Crippen LogP contribution is -2.02. The van der Waals surface area contributed by atoms with Crippen molar-refractivity contribution in [3.63, 3.8) is 0 Å². The molecule has 0 radical (unpaired) electrons. The third-order valence-corrected chi connectivity index (χ3v) is 3.83. The molecule has 0 bridgehead atoms. The molecule has 1 aromatic heterocycles. The molecule has 3 aromatic rings. The number of aromatic nitrogens is 1. The van der Waals surface area contributed by atoms with Gasteiger partial charge < -0.3 is 5.11 Å². The summed E-state index contributed by atoms with van der Waals surface area (Å²) in [5, 5.41) is 10.1. The summed E-state index contributed by atoms with van der Waals surface area (Å²) in [7, 11) is 0. The molecule has 1 N–H and O–H groups in total. The van der Waals surface area contributed by atoms with E-state index in [4.69, 9.17) is 10.1 Å². The van der Waals surface area contributed by atoms with Gasteiger partial charge in [-0.1, -0.05) is 49.4 Å². The number of carboxylic acids is 1. The molecule has 0 aliphatic carbocycles. The van der Waals surface area contributed by atoms with E-state index in [9.17, 15) is 4.79 Å². The number of hydrogen-bond donors (Lipinski definition) is 1. The molecule has 0 aliphatic heterocycles. The number of carbonyl (C=O) groups is 1. The van der Waals surface area contributed by atoms with Gasteiger partial charge in [-0.2, -0.15) is 0 Å². The Morgan fingerprint density at radius 1 is 1.09 bits per heavy atom. The highest BCUT2D eigenvalue weighted by Gasteiger charge is 2.11. The molecule has 1 atom stereocenters. The van der Waals surface area contributed by atoms with Gasteiger partial charge in [0, 0.05) is 10.9 Å². The first kappa shape index (κ1) is 14.3. The lowest BCUT2D eigenvalue weighted by molar-refractivity contribution is -0.137. The molecule has 1 heterocycles. The molecule has 22 heavy (non-hydrogen) atoms. The Labute approximate surface area is 129 Å². The molecule has 0 saturated carbocycles. The molecular formula is C19H17NO2. The van der Waals surface area contributed by atoms with Gasteiger partial charge in [-0.3, -0.25) is 4.79 Å². The Balaban J connectivity index is 1.98. The Morgan fingerprint density at radius 2 is 1.91 bits per heavy atom. The van der Waals surface area contributed by atoms with Crippen molar-refractivity contribution >= 4 is 16.9 Å². The van der Waals surface area contributed by atoms with Crippen LogP contribution in [0.2, 0.25) is 0 Å². The van der Waals surface area contributed by atoms with Gasteiger partial charge >= 0.3 is 5.97 Å². The van der Waals surface area contributed by atoms with Crippen molar-refractivity contribution in [2.45, 2.75) is 19.3 Å². The van der Waals surface area contributed by atoms with Crippen LogP contribution < -0.4 is 0 Å². The van der Waals surface area contributed by atoms with E-state index in [-0.39, 0.29) is 12.3 Å². The number of fused-ring (bicyclic) bond motifs is 1. The number of pyridine rings is 1. The molecule has 3 rings (SSSR count). The second-order valence-corrected chi connectivity index (χ2v) is 5.51. The van der Waals surface area contributed by atoms with Crippen molar-refractivity contribution in [1.82, 2.24) is 4.98 Å². The van der Waals surface area contributed by atoms with E-state index in [0.717, 1.165) is 27.7 Å². The second-order valence-electron chi connectivity index (χ2n) is 5.51. The first-order valence-corrected chi connectivity index (χ1v) is 7.31. The highest BCUT2D eigenvalue weighted by Crippen LogP contribution is 2.26. The molecule has 0 aliphatic rings. The van der Waals surface area contributed by atoms with Crippen LogP contribution in [0.3, 0.4) is 0 Å². The molecule has 1 unspecified atom stereocenters. The van der Waals surface area contributed by atoms with Gasteiger partial charge in [0.2, 0.25) is 0 Å². The van der Waals surface area contributed by atoms with Gasteiger partial charge in [0.1, 0.15) is 0 Å². The topological polar surface area (TPSA) is 50.2 Å². The fourth-order valence-electron chi connectivity index (χ4n) is 2.61. The Kier molecular flexibility index (Phi) is 3.88. The smallest absolute Gasteiger partial charge is 0.303 e. The number of rotatable bonds is 4. The van der Waals surface area contributed by atoms with Crippen molar-refractivity contribution in [3.05, 3.63) is 66.2 Å². The zero-order valence-corrected chi connectivity index (χ0v) is 12.4. The predicted octanol–water partition coefficient (Wildman–Crippen LogP) is 4.48. The van der Waals surface area contributed by atoms with Gasteiger partial charge in [-0.05, 0) is 29.7 Å². The number of benzene rings is 2. The zero-order chi connectivity index (χ0) is 15.5. The normalized spacial score (nSPS) is 12.2. The van der Waals surface area contributed by atoms with Gasteiger partial charge in [0.25, 0.3) is 0 Å². The van der Waals surface area contributed by atoms with E-state index in [0.29, 0.717) is 0 Å². The maximum Gasteiger partial charge on any atom is 0.303 e. The van der Waals surface area contributed by atoms with Crippen LogP contribution in [-0.4, -0.2) is 16.1 Å². The first-order chi connectivity index (χ1) is 10.6. The quantitative estimate of drug-likeness (QED) is 0.771. The standard InChI is InChI=1S/C19H17NO2/c1-13(11-19(21)22)15-6-4-7-16(12-15)18-10-9-14-5-2-3-8-17(14)20-18/h2-10,12-13H,11H2,1H3,(H,21,22). The van der Waals surface area contributed by atoms with Crippen molar-refractivity contribution < 1.29 is 9.90 Å². The molecular weight excluding hydrogens is 274 g/mol. The lowest BCUT2D eigenvalue weighted by atomic mass is 9.95. The van der Waals surface area contributed by atoms with Crippen molar-refractivity contribution in [2.75, 3.05) is 0 Å². The Bertz CT molecular complexity index is 826. The number of nitrogens with zero attached hydrogens (tertiary/aromatic N) is 1. The van der Waals surface area contributed by atoms with Crippen LogP contribution in [0, 0.1) is 0 Å². The maximum atomic E-state index is 10.9. The number of hydrogen-bond acceptors (Lipinski definition) is 2. The summed E-state index contributed by atoms with van der Waals surface area (Å²) in [5.41, 5.74) is 3.91. The van der Waals surface area contributed by atoms with Gasteiger partial charge in [-0.15, -0.1) is 0 Å². The van der Waals surface area contributed by atoms with Crippen molar-refractivity contribution in [3.8, 4) is 11.3 Å². The van der Waals surface area contributed by atoms with E-state index in [1.165, 1.54) is 0 Å². The largest absolute Gasteiger partial charge is 0.481 e. The zero-order valence-electron chi connectivity index (χ0n) is 12.4. The third kappa shape index (κ3) is 2.98. The molecule has 2 aromatic carbocycles. The fourth-order valence-corrected chi connectivity index (χ4v) is 2.61. The average Bonchev–Trinajstić information content (AvgIpc) is 2.54. The molecule has 3 heteroatoms. The number of carboxylic acid groups (broad SMARTS) is 1. The Hall–Kier alpha value is -2.68.